The van der Waals surface area contributed by atoms with Gasteiger partial charge in [-0.25, -0.2) is 4.79 Å². The molecule has 3 rings (SSSR count). The van der Waals surface area contributed by atoms with Crippen LogP contribution < -0.4 is 11.0 Å². The van der Waals surface area contributed by atoms with E-state index in [2.05, 4.69) is 36.3 Å². The average molecular weight is 285 g/mol. The molecule has 0 bridgehead atoms. The molecule has 0 radical (unpaired) electrons. The highest BCUT2D eigenvalue weighted by molar-refractivity contribution is 5.49. The summed E-state index contributed by atoms with van der Waals surface area (Å²) >= 11 is 0. The van der Waals surface area contributed by atoms with E-state index in [1.54, 1.807) is 17.0 Å². The smallest absolute Gasteiger partial charge is 0.330 e. The van der Waals surface area contributed by atoms with Crippen molar-refractivity contribution in [2.45, 2.75) is 39.2 Å². The number of anilines is 1. The third-order valence-electron chi connectivity index (χ3n) is 4.76. The first-order valence-electron chi connectivity index (χ1n) is 7.76. The molecule has 21 heavy (non-hydrogen) atoms. The Kier molecular flexibility index (Phi) is 3.86. The highest BCUT2D eigenvalue weighted by Gasteiger charge is 2.24. The lowest BCUT2D eigenvalue weighted by Gasteiger charge is -2.33. The number of benzene rings is 1. The molecule has 2 aromatic rings. The SMILES string of the molecule is CC1CCC(Nc2ccc(-n3cc[nH]c3=O)cc2)CC1C. The Morgan fingerprint density at radius 2 is 1.90 bits per heavy atom. The number of nitrogens with one attached hydrogen (secondary N) is 2. The van der Waals surface area contributed by atoms with Gasteiger partial charge >= 0.3 is 5.69 Å². The predicted molar refractivity (Wildman–Crippen MR) is 86.0 cm³/mol. The second kappa shape index (κ2) is 5.80. The van der Waals surface area contributed by atoms with E-state index in [1.165, 1.54) is 19.3 Å². The third kappa shape index (κ3) is 3.04. The molecule has 1 aliphatic carbocycles. The minimum Gasteiger partial charge on any atom is -0.382 e. The standard InChI is InChI=1S/C17H23N3O/c1-12-3-4-15(11-13(12)2)19-14-5-7-16(8-6-14)20-10-9-18-17(20)21/h5-10,12-13,15,19H,3-4,11H2,1-2H3,(H,18,21). The van der Waals surface area contributed by atoms with Crippen molar-refractivity contribution in [2.75, 3.05) is 5.32 Å². The summed E-state index contributed by atoms with van der Waals surface area (Å²) in [5.41, 5.74) is 1.91. The van der Waals surface area contributed by atoms with Gasteiger partial charge in [0.05, 0.1) is 5.69 Å². The van der Waals surface area contributed by atoms with Crippen molar-refractivity contribution in [3.05, 3.63) is 47.1 Å². The summed E-state index contributed by atoms with van der Waals surface area (Å²) in [5, 5.41) is 3.62. The maximum Gasteiger partial charge on any atom is 0.330 e. The quantitative estimate of drug-likeness (QED) is 0.908. The normalized spacial score (nSPS) is 25.7. The lowest BCUT2D eigenvalue weighted by atomic mass is 9.79. The van der Waals surface area contributed by atoms with Crippen LogP contribution in [0, 0.1) is 11.8 Å². The summed E-state index contributed by atoms with van der Waals surface area (Å²) in [4.78, 5) is 14.2. The molecule has 0 amide bonds. The van der Waals surface area contributed by atoms with Crippen LogP contribution in [0.2, 0.25) is 0 Å². The van der Waals surface area contributed by atoms with E-state index >= 15 is 0 Å². The first-order chi connectivity index (χ1) is 10.1. The number of imidazole rings is 1. The topological polar surface area (TPSA) is 49.8 Å². The van der Waals surface area contributed by atoms with Gasteiger partial charge in [-0.3, -0.25) is 4.57 Å². The molecule has 4 nitrogen and oxygen atoms in total. The maximum atomic E-state index is 11.6. The van der Waals surface area contributed by atoms with Gasteiger partial charge in [0.15, 0.2) is 0 Å². The van der Waals surface area contributed by atoms with Crippen molar-refractivity contribution in [3.8, 4) is 5.69 Å². The van der Waals surface area contributed by atoms with E-state index < -0.39 is 0 Å². The Hall–Kier alpha value is -1.97. The lowest BCUT2D eigenvalue weighted by molar-refractivity contribution is 0.261. The molecule has 1 aliphatic rings. The van der Waals surface area contributed by atoms with Crippen molar-refractivity contribution in [1.82, 2.24) is 9.55 Å². The monoisotopic (exact) mass is 285 g/mol. The van der Waals surface area contributed by atoms with Gasteiger partial charge in [-0.2, -0.15) is 0 Å². The van der Waals surface area contributed by atoms with Crippen molar-refractivity contribution >= 4 is 5.69 Å². The van der Waals surface area contributed by atoms with E-state index in [4.69, 9.17) is 0 Å². The van der Waals surface area contributed by atoms with Gasteiger partial charge in [-0.15, -0.1) is 0 Å². The van der Waals surface area contributed by atoms with Crippen molar-refractivity contribution < 1.29 is 0 Å². The summed E-state index contributed by atoms with van der Waals surface area (Å²) in [6, 6.07) is 8.63. The molecule has 1 heterocycles. The molecule has 1 aromatic carbocycles. The van der Waals surface area contributed by atoms with Gasteiger partial charge in [0.25, 0.3) is 0 Å². The number of hydrogen-bond acceptors (Lipinski definition) is 2. The van der Waals surface area contributed by atoms with E-state index in [0.717, 1.165) is 23.2 Å². The highest BCUT2D eigenvalue weighted by atomic mass is 16.1. The Labute approximate surface area is 125 Å². The van der Waals surface area contributed by atoms with Crippen molar-refractivity contribution in [1.29, 1.82) is 0 Å². The summed E-state index contributed by atoms with van der Waals surface area (Å²) in [5.74, 6) is 1.62. The molecule has 0 aliphatic heterocycles. The first-order valence-corrected chi connectivity index (χ1v) is 7.76. The molecule has 1 saturated carbocycles. The number of nitrogens with zero attached hydrogens (tertiary/aromatic N) is 1. The van der Waals surface area contributed by atoms with E-state index in [1.807, 2.05) is 12.1 Å². The Morgan fingerprint density at radius 1 is 1.14 bits per heavy atom. The van der Waals surface area contributed by atoms with Crippen LogP contribution in [0.5, 0.6) is 0 Å². The Morgan fingerprint density at radius 3 is 2.52 bits per heavy atom. The number of H-pyrrole nitrogens is 1. The predicted octanol–water partition coefficient (Wildman–Crippen LogP) is 3.40. The minimum atomic E-state index is -0.106. The molecule has 0 spiro atoms. The number of hydrogen-bond donors (Lipinski definition) is 2. The molecule has 2 N–H and O–H groups in total. The van der Waals surface area contributed by atoms with Gasteiger partial charge < -0.3 is 10.3 Å². The van der Waals surface area contributed by atoms with Gasteiger partial charge in [0, 0.05) is 24.1 Å². The second-order valence-electron chi connectivity index (χ2n) is 6.29. The minimum absolute atomic E-state index is 0.106. The first kappa shape index (κ1) is 14.0. The van der Waals surface area contributed by atoms with Crippen LogP contribution in [0.1, 0.15) is 33.1 Å². The maximum absolute atomic E-state index is 11.6. The zero-order valence-electron chi connectivity index (χ0n) is 12.7. The lowest BCUT2D eigenvalue weighted by Crippen LogP contribution is -2.30. The molecular formula is C17H23N3O. The molecule has 1 fully saturated rings. The van der Waals surface area contributed by atoms with Gasteiger partial charge in [-0.1, -0.05) is 13.8 Å². The van der Waals surface area contributed by atoms with Crippen LogP contribution in [0.25, 0.3) is 5.69 Å². The fourth-order valence-corrected chi connectivity index (χ4v) is 3.16. The number of aromatic nitrogens is 2. The largest absolute Gasteiger partial charge is 0.382 e. The summed E-state index contributed by atoms with van der Waals surface area (Å²) in [6.07, 6.45) is 7.18. The molecule has 4 heteroatoms. The fraction of sp³-hybridized carbons (Fsp3) is 0.471. The van der Waals surface area contributed by atoms with Gasteiger partial charge in [-0.05, 0) is 55.4 Å². The van der Waals surface area contributed by atoms with Crippen LogP contribution in [0.4, 0.5) is 5.69 Å². The summed E-state index contributed by atoms with van der Waals surface area (Å²) in [6.45, 7) is 4.70. The molecule has 0 saturated heterocycles. The zero-order valence-corrected chi connectivity index (χ0v) is 12.7. The van der Waals surface area contributed by atoms with E-state index in [-0.39, 0.29) is 5.69 Å². The number of aromatic amines is 1. The molecule has 1 aromatic heterocycles. The highest BCUT2D eigenvalue weighted by Crippen LogP contribution is 2.31. The Balaban J connectivity index is 1.68. The fourth-order valence-electron chi connectivity index (χ4n) is 3.16. The number of rotatable bonds is 3. The van der Waals surface area contributed by atoms with E-state index in [9.17, 15) is 4.79 Å². The Bertz CT molecular complexity index is 641. The third-order valence-corrected chi connectivity index (χ3v) is 4.76. The van der Waals surface area contributed by atoms with Crippen LogP contribution >= 0.6 is 0 Å². The van der Waals surface area contributed by atoms with Crippen molar-refractivity contribution in [2.24, 2.45) is 11.8 Å². The molecule has 3 atom stereocenters. The van der Waals surface area contributed by atoms with E-state index in [0.29, 0.717) is 6.04 Å². The van der Waals surface area contributed by atoms with Crippen LogP contribution in [-0.2, 0) is 0 Å². The average Bonchev–Trinajstić information content (AvgIpc) is 2.90. The molecular weight excluding hydrogens is 262 g/mol. The van der Waals surface area contributed by atoms with Crippen LogP contribution in [0.3, 0.4) is 0 Å². The summed E-state index contributed by atoms with van der Waals surface area (Å²) in [7, 11) is 0. The van der Waals surface area contributed by atoms with Gasteiger partial charge in [0.1, 0.15) is 0 Å². The second-order valence-corrected chi connectivity index (χ2v) is 6.29. The van der Waals surface area contributed by atoms with Gasteiger partial charge in [0.2, 0.25) is 0 Å². The summed E-state index contributed by atoms with van der Waals surface area (Å²) < 4.78 is 1.61. The van der Waals surface area contributed by atoms with Crippen LogP contribution in [0.15, 0.2) is 41.5 Å². The molecule has 112 valence electrons. The van der Waals surface area contributed by atoms with Crippen LogP contribution in [-0.4, -0.2) is 15.6 Å². The van der Waals surface area contributed by atoms with Crippen molar-refractivity contribution in [3.63, 3.8) is 0 Å². The molecule has 3 unspecified atom stereocenters. The zero-order chi connectivity index (χ0) is 14.8.